The summed E-state index contributed by atoms with van der Waals surface area (Å²) in [5.74, 6) is 0. The predicted octanol–water partition coefficient (Wildman–Crippen LogP) is 4.48. The Balaban J connectivity index is 1.61. The van der Waals surface area contributed by atoms with Crippen LogP contribution in [0, 0.1) is 0 Å². The molecule has 1 atom stereocenters. The van der Waals surface area contributed by atoms with Gasteiger partial charge in [-0.25, -0.2) is 0 Å². The molecule has 0 saturated carbocycles. The number of aromatic nitrogens is 2. The van der Waals surface area contributed by atoms with Gasteiger partial charge in [0.05, 0.1) is 5.52 Å². The molecule has 0 radical (unpaired) electrons. The van der Waals surface area contributed by atoms with Gasteiger partial charge in [0, 0.05) is 48.8 Å². The summed E-state index contributed by atoms with van der Waals surface area (Å²) >= 11 is 0. The quantitative estimate of drug-likeness (QED) is 0.718. The number of alkyl halides is 3. The molecule has 0 aliphatic carbocycles. The zero-order valence-corrected chi connectivity index (χ0v) is 15.5. The minimum atomic E-state index is -4.58. The summed E-state index contributed by atoms with van der Waals surface area (Å²) in [6.45, 7) is 2.42. The third kappa shape index (κ3) is 3.18. The highest BCUT2D eigenvalue weighted by Gasteiger charge is 2.54. The topological polar surface area (TPSA) is 41.3 Å². The molecule has 1 fully saturated rings. The van der Waals surface area contributed by atoms with Crippen LogP contribution in [0.3, 0.4) is 0 Å². The summed E-state index contributed by atoms with van der Waals surface area (Å²) < 4.78 is 41.3. The largest absolute Gasteiger partial charge is 0.417 e. The summed E-state index contributed by atoms with van der Waals surface area (Å²) in [7, 11) is 0. The van der Waals surface area contributed by atoms with Gasteiger partial charge in [-0.15, -0.1) is 0 Å². The van der Waals surface area contributed by atoms with Crippen molar-refractivity contribution in [3.05, 3.63) is 60.6 Å². The number of likely N-dealkylation sites (tertiary alicyclic amines) is 1. The zero-order chi connectivity index (χ0) is 19.9. The van der Waals surface area contributed by atoms with E-state index in [0.29, 0.717) is 0 Å². The molecule has 2 aromatic heterocycles. The Labute approximate surface area is 161 Å². The maximum Gasteiger partial charge on any atom is 0.417 e. The van der Waals surface area contributed by atoms with Crippen LogP contribution in [0.15, 0.2) is 55.0 Å². The summed E-state index contributed by atoms with van der Waals surface area (Å²) in [4.78, 5) is 6.06. The third-order valence-corrected chi connectivity index (χ3v) is 5.86. The number of pyridine rings is 1. The Morgan fingerprint density at radius 1 is 1.07 bits per heavy atom. The van der Waals surface area contributed by atoms with Gasteiger partial charge in [-0.3, -0.25) is 9.88 Å². The van der Waals surface area contributed by atoms with Gasteiger partial charge in [0.2, 0.25) is 0 Å². The van der Waals surface area contributed by atoms with Crippen LogP contribution < -0.4 is 0 Å². The highest BCUT2D eigenvalue weighted by molar-refractivity contribution is 5.85. The van der Waals surface area contributed by atoms with Crippen molar-refractivity contribution in [3.8, 4) is 5.69 Å². The Kier molecular flexibility index (Phi) is 4.67. The van der Waals surface area contributed by atoms with Crippen LogP contribution in [0.2, 0.25) is 0 Å². The van der Waals surface area contributed by atoms with Crippen molar-refractivity contribution in [1.29, 1.82) is 0 Å². The molecule has 148 valence electrons. The molecule has 4 rings (SSSR count). The number of piperidine rings is 1. The van der Waals surface area contributed by atoms with E-state index < -0.39 is 11.8 Å². The highest BCUT2D eigenvalue weighted by atomic mass is 19.4. The minimum Gasteiger partial charge on any atom is -0.380 e. The Hall–Kier alpha value is -2.38. The standard InChI is InChI=1S/C21H22F3N3O/c1-15(26-13-8-20(28,9-14-26)21(22,23)24)17-3-2-4-19-18(17)7-12-27(19)16-5-10-25-11-6-16/h2-7,10-12,15,28H,8-9,13-14H2,1H3. The van der Waals surface area contributed by atoms with Crippen LogP contribution in [0.1, 0.15) is 31.4 Å². The predicted molar refractivity (Wildman–Crippen MR) is 101 cm³/mol. The van der Waals surface area contributed by atoms with Crippen LogP contribution in [0.5, 0.6) is 0 Å². The van der Waals surface area contributed by atoms with E-state index in [2.05, 4.69) is 9.55 Å². The Bertz CT molecular complexity index is 960. The number of hydrogen-bond donors (Lipinski definition) is 1. The number of nitrogens with zero attached hydrogens (tertiary/aromatic N) is 3. The number of hydrogen-bond acceptors (Lipinski definition) is 3. The van der Waals surface area contributed by atoms with E-state index in [1.807, 2.05) is 54.4 Å². The second-order valence-corrected chi connectivity index (χ2v) is 7.41. The molecular weight excluding hydrogens is 367 g/mol. The summed E-state index contributed by atoms with van der Waals surface area (Å²) in [5, 5.41) is 11.0. The number of aliphatic hydroxyl groups is 1. The molecule has 1 aromatic carbocycles. The lowest BCUT2D eigenvalue weighted by atomic mass is 9.89. The van der Waals surface area contributed by atoms with Crippen LogP contribution >= 0.6 is 0 Å². The van der Waals surface area contributed by atoms with E-state index in [1.54, 1.807) is 12.4 Å². The molecule has 28 heavy (non-hydrogen) atoms. The maximum absolute atomic E-state index is 13.1. The molecule has 1 aliphatic rings. The lowest BCUT2D eigenvalue weighted by molar-refractivity contribution is -0.273. The first-order valence-corrected chi connectivity index (χ1v) is 9.34. The first-order valence-electron chi connectivity index (χ1n) is 9.34. The lowest BCUT2D eigenvalue weighted by Gasteiger charge is -2.41. The van der Waals surface area contributed by atoms with Crippen molar-refractivity contribution in [2.45, 2.75) is 37.6 Å². The molecular formula is C21H22F3N3O. The van der Waals surface area contributed by atoms with Crippen molar-refractivity contribution in [2.75, 3.05) is 13.1 Å². The lowest BCUT2D eigenvalue weighted by Crippen LogP contribution is -2.53. The molecule has 1 aliphatic heterocycles. The van der Waals surface area contributed by atoms with Gasteiger partial charge < -0.3 is 9.67 Å². The fourth-order valence-electron chi connectivity index (χ4n) is 4.05. The van der Waals surface area contributed by atoms with E-state index in [-0.39, 0.29) is 32.0 Å². The molecule has 0 amide bonds. The van der Waals surface area contributed by atoms with E-state index in [0.717, 1.165) is 22.2 Å². The van der Waals surface area contributed by atoms with Crippen molar-refractivity contribution >= 4 is 10.9 Å². The van der Waals surface area contributed by atoms with Crippen LogP contribution in [-0.4, -0.2) is 44.4 Å². The molecule has 0 spiro atoms. The molecule has 3 heterocycles. The fraction of sp³-hybridized carbons (Fsp3) is 0.381. The monoisotopic (exact) mass is 389 g/mol. The number of halogens is 3. The van der Waals surface area contributed by atoms with Crippen LogP contribution in [-0.2, 0) is 0 Å². The molecule has 1 saturated heterocycles. The van der Waals surface area contributed by atoms with Crippen molar-refractivity contribution in [2.24, 2.45) is 0 Å². The first-order chi connectivity index (χ1) is 13.3. The first kappa shape index (κ1) is 19.0. The van der Waals surface area contributed by atoms with Crippen molar-refractivity contribution < 1.29 is 18.3 Å². The SMILES string of the molecule is CC(c1cccc2c1ccn2-c1ccncc1)N1CCC(O)(C(F)(F)F)CC1. The van der Waals surface area contributed by atoms with E-state index in [1.165, 1.54) is 0 Å². The Morgan fingerprint density at radius 3 is 2.39 bits per heavy atom. The van der Waals surface area contributed by atoms with E-state index in [4.69, 9.17) is 0 Å². The molecule has 7 heteroatoms. The van der Waals surface area contributed by atoms with Crippen LogP contribution in [0.25, 0.3) is 16.6 Å². The second kappa shape index (κ2) is 6.90. The average molecular weight is 389 g/mol. The number of rotatable bonds is 3. The number of fused-ring (bicyclic) bond motifs is 1. The summed E-state index contributed by atoms with van der Waals surface area (Å²) in [5.41, 5.74) is 0.546. The maximum atomic E-state index is 13.1. The second-order valence-electron chi connectivity index (χ2n) is 7.41. The van der Waals surface area contributed by atoms with E-state index in [9.17, 15) is 18.3 Å². The molecule has 4 nitrogen and oxygen atoms in total. The van der Waals surface area contributed by atoms with Crippen molar-refractivity contribution in [3.63, 3.8) is 0 Å². The van der Waals surface area contributed by atoms with Gasteiger partial charge in [0.25, 0.3) is 0 Å². The molecule has 0 bridgehead atoms. The van der Waals surface area contributed by atoms with Crippen molar-refractivity contribution in [1.82, 2.24) is 14.5 Å². The fourth-order valence-corrected chi connectivity index (χ4v) is 4.05. The van der Waals surface area contributed by atoms with Gasteiger partial charge in [-0.05, 0) is 49.6 Å². The normalized spacial score (nSPS) is 19.0. The highest BCUT2D eigenvalue weighted by Crippen LogP contribution is 2.40. The van der Waals surface area contributed by atoms with Gasteiger partial charge in [-0.2, -0.15) is 13.2 Å². The minimum absolute atomic E-state index is 0.0465. The van der Waals surface area contributed by atoms with Gasteiger partial charge in [0.15, 0.2) is 5.60 Å². The van der Waals surface area contributed by atoms with Gasteiger partial charge in [-0.1, -0.05) is 12.1 Å². The number of benzene rings is 1. The summed E-state index contributed by atoms with van der Waals surface area (Å²) in [6, 6.07) is 11.9. The molecule has 1 N–H and O–H groups in total. The van der Waals surface area contributed by atoms with Crippen LogP contribution in [0.4, 0.5) is 13.2 Å². The van der Waals surface area contributed by atoms with Gasteiger partial charge >= 0.3 is 6.18 Å². The smallest absolute Gasteiger partial charge is 0.380 e. The zero-order valence-electron chi connectivity index (χ0n) is 15.5. The summed E-state index contributed by atoms with van der Waals surface area (Å²) in [6.07, 6.45) is 0.301. The van der Waals surface area contributed by atoms with E-state index >= 15 is 0 Å². The third-order valence-electron chi connectivity index (χ3n) is 5.86. The van der Waals surface area contributed by atoms with Gasteiger partial charge in [0.1, 0.15) is 0 Å². The molecule has 3 aromatic rings. The molecule has 1 unspecified atom stereocenters. The Morgan fingerprint density at radius 2 is 1.75 bits per heavy atom. The average Bonchev–Trinajstić information content (AvgIpc) is 3.12.